The molecule has 106 valence electrons. The number of carbonyl (C=O) groups is 1. The number of hydrogen-bond donors (Lipinski definition) is 2. The van der Waals surface area contributed by atoms with E-state index in [1.165, 1.54) is 7.11 Å². The predicted octanol–water partition coefficient (Wildman–Crippen LogP) is 1.51. The quantitative estimate of drug-likeness (QED) is 0.888. The molecular weight excluding hydrogens is 258 g/mol. The third-order valence-corrected chi connectivity index (χ3v) is 3.78. The van der Waals surface area contributed by atoms with E-state index < -0.39 is 5.97 Å². The van der Waals surface area contributed by atoms with Gasteiger partial charge in [-0.15, -0.1) is 0 Å². The van der Waals surface area contributed by atoms with Gasteiger partial charge in [-0.3, -0.25) is 4.40 Å². The molecule has 0 amide bonds. The van der Waals surface area contributed by atoms with Gasteiger partial charge >= 0.3 is 5.97 Å². The smallest absolute Gasteiger partial charge is 0.356 e. The number of nitrogens with zero attached hydrogens (tertiary/aromatic N) is 2. The number of imidazole rings is 1. The number of aromatic carboxylic acids is 1. The van der Waals surface area contributed by atoms with Gasteiger partial charge in [0.25, 0.3) is 0 Å². The van der Waals surface area contributed by atoms with Crippen LogP contribution in [-0.2, 0) is 0 Å². The van der Waals surface area contributed by atoms with E-state index in [1.54, 1.807) is 6.07 Å². The number of carboxylic acids is 1. The van der Waals surface area contributed by atoms with Gasteiger partial charge in [-0.25, -0.2) is 9.78 Å². The molecule has 0 atom stereocenters. The second kappa shape index (κ2) is 5.13. The number of hydrogen-bond acceptors (Lipinski definition) is 4. The number of ether oxygens (including phenoxy) is 1. The molecule has 3 rings (SSSR count). The lowest BCUT2D eigenvalue weighted by Crippen LogP contribution is -2.27. The number of aromatic nitrogens is 2. The van der Waals surface area contributed by atoms with E-state index >= 15 is 0 Å². The number of piperidine rings is 1. The Hall–Kier alpha value is -2.08. The minimum absolute atomic E-state index is 0.0657. The zero-order valence-corrected chi connectivity index (χ0v) is 11.3. The maximum absolute atomic E-state index is 11.4. The fourth-order valence-electron chi connectivity index (χ4n) is 2.81. The molecular formula is C14H17N3O3. The van der Waals surface area contributed by atoms with Gasteiger partial charge < -0.3 is 15.2 Å². The summed E-state index contributed by atoms with van der Waals surface area (Å²) in [6.45, 7) is 1.87. The lowest BCUT2D eigenvalue weighted by atomic mass is 9.97. The van der Waals surface area contributed by atoms with Crippen LogP contribution in [0.1, 0.15) is 35.1 Å². The molecule has 6 nitrogen and oxygen atoms in total. The van der Waals surface area contributed by atoms with Crippen LogP contribution in [0, 0.1) is 0 Å². The summed E-state index contributed by atoms with van der Waals surface area (Å²) < 4.78 is 7.14. The molecule has 1 saturated heterocycles. The number of methoxy groups -OCH3 is 1. The van der Waals surface area contributed by atoms with Crippen molar-refractivity contribution in [3.05, 3.63) is 29.8 Å². The van der Waals surface area contributed by atoms with Crippen LogP contribution >= 0.6 is 0 Å². The Morgan fingerprint density at radius 3 is 2.90 bits per heavy atom. The van der Waals surface area contributed by atoms with Crippen molar-refractivity contribution in [2.24, 2.45) is 0 Å². The molecule has 2 aromatic heterocycles. The Morgan fingerprint density at radius 2 is 2.25 bits per heavy atom. The summed E-state index contributed by atoms with van der Waals surface area (Å²) in [5.41, 5.74) is 0.604. The average molecular weight is 275 g/mol. The summed E-state index contributed by atoms with van der Waals surface area (Å²) in [5.74, 6) is 0.617. The first-order chi connectivity index (χ1) is 9.72. The summed E-state index contributed by atoms with van der Waals surface area (Å²) in [4.78, 5) is 15.8. The fourth-order valence-corrected chi connectivity index (χ4v) is 2.81. The molecule has 0 spiro atoms. The van der Waals surface area contributed by atoms with E-state index in [9.17, 15) is 9.90 Å². The minimum Gasteiger partial charge on any atom is -0.494 e. The third kappa shape index (κ3) is 2.02. The van der Waals surface area contributed by atoms with Crippen molar-refractivity contribution in [3.63, 3.8) is 0 Å². The normalized spacial score (nSPS) is 16.4. The van der Waals surface area contributed by atoms with Crippen molar-refractivity contribution in [2.75, 3.05) is 20.2 Å². The maximum atomic E-state index is 11.4. The summed E-state index contributed by atoms with van der Waals surface area (Å²) in [5, 5.41) is 12.7. The van der Waals surface area contributed by atoms with Crippen LogP contribution in [0.25, 0.3) is 5.52 Å². The Balaban J connectivity index is 2.20. The zero-order valence-electron chi connectivity index (χ0n) is 11.3. The van der Waals surface area contributed by atoms with Crippen molar-refractivity contribution in [3.8, 4) is 5.75 Å². The van der Waals surface area contributed by atoms with Crippen molar-refractivity contribution in [2.45, 2.75) is 18.8 Å². The van der Waals surface area contributed by atoms with Crippen molar-refractivity contribution in [1.82, 2.24) is 14.7 Å². The third-order valence-electron chi connectivity index (χ3n) is 3.78. The standard InChI is InChI=1S/C14H17N3O3/c1-20-10-3-2-8-17-12(10)11(14(18)19)16-13(17)9-4-6-15-7-5-9/h2-3,8-9,15H,4-7H2,1H3,(H,18,19). The number of rotatable bonds is 3. The Kier molecular flexibility index (Phi) is 3.31. The summed E-state index contributed by atoms with van der Waals surface area (Å²) in [6, 6.07) is 3.61. The highest BCUT2D eigenvalue weighted by Crippen LogP contribution is 2.30. The number of fused-ring (bicyclic) bond motifs is 1. The highest BCUT2D eigenvalue weighted by molar-refractivity contribution is 5.95. The van der Waals surface area contributed by atoms with Crippen LogP contribution in [-0.4, -0.2) is 40.7 Å². The Labute approximate surface area is 116 Å². The molecule has 1 aliphatic heterocycles. The second-order valence-corrected chi connectivity index (χ2v) is 4.94. The molecule has 1 aliphatic rings. The molecule has 2 N–H and O–H groups in total. The molecule has 0 aromatic carbocycles. The first kappa shape index (κ1) is 12.9. The van der Waals surface area contributed by atoms with Crippen LogP contribution in [0.15, 0.2) is 18.3 Å². The zero-order chi connectivity index (χ0) is 14.1. The molecule has 0 unspecified atom stereocenters. The van der Waals surface area contributed by atoms with Crippen molar-refractivity contribution >= 4 is 11.5 Å². The van der Waals surface area contributed by atoms with Crippen molar-refractivity contribution < 1.29 is 14.6 Å². The number of carboxylic acid groups (broad SMARTS) is 1. The van der Waals surface area contributed by atoms with E-state index in [-0.39, 0.29) is 11.6 Å². The highest BCUT2D eigenvalue weighted by Gasteiger charge is 2.25. The number of nitrogens with one attached hydrogen (secondary N) is 1. The van der Waals surface area contributed by atoms with E-state index in [2.05, 4.69) is 10.3 Å². The molecule has 3 heterocycles. The SMILES string of the molecule is COc1cccn2c(C3CCNCC3)nc(C(=O)O)c12. The molecule has 0 radical (unpaired) electrons. The van der Waals surface area contributed by atoms with Gasteiger partial charge in [0.05, 0.1) is 7.11 Å². The van der Waals surface area contributed by atoms with Crippen LogP contribution in [0.2, 0.25) is 0 Å². The van der Waals surface area contributed by atoms with Gasteiger partial charge in [-0.2, -0.15) is 0 Å². The van der Waals surface area contributed by atoms with Gasteiger partial charge in [0, 0.05) is 12.1 Å². The van der Waals surface area contributed by atoms with Gasteiger partial charge in [0.2, 0.25) is 0 Å². The summed E-state index contributed by atoms with van der Waals surface area (Å²) in [6.07, 6.45) is 3.79. The van der Waals surface area contributed by atoms with Gasteiger partial charge in [0.15, 0.2) is 5.69 Å². The van der Waals surface area contributed by atoms with Gasteiger partial charge in [-0.05, 0) is 38.1 Å². The second-order valence-electron chi connectivity index (χ2n) is 4.94. The van der Waals surface area contributed by atoms with Crippen LogP contribution in [0.3, 0.4) is 0 Å². The molecule has 0 saturated carbocycles. The monoisotopic (exact) mass is 275 g/mol. The Bertz CT molecular complexity index is 644. The van der Waals surface area contributed by atoms with Gasteiger partial charge in [-0.1, -0.05) is 0 Å². The highest BCUT2D eigenvalue weighted by atomic mass is 16.5. The van der Waals surface area contributed by atoms with Crippen molar-refractivity contribution in [1.29, 1.82) is 0 Å². The predicted molar refractivity (Wildman–Crippen MR) is 73.5 cm³/mol. The molecule has 0 aliphatic carbocycles. The topological polar surface area (TPSA) is 75.9 Å². The van der Waals surface area contributed by atoms with E-state index in [0.29, 0.717) is 11.3 Å². The Morgan fingerprint density at radius 1 is 1.50 bits per heavy atom. The van der Waals surface area contributed by atoms with Crippen LogP contribution < -0.4 is 10.1 Å². The average Bonchev–Trinajstić information content (AvgIpc) is 2.88. The van der Waals surface area contributed by atoms with E-state index in [4.69, 9.17) is 4.74 Å². The summed E-state index contributed by atoms with van der Waals surface area (Å²) >= 11 is 0. The lowest BCUT2D eigenvalue weighted by Gasteiger charge is -2.21. The molecule has 6 heteroatoms. The largest absolute Gasteiger partial charge is 0.494 e. The minimum atomic E-state index is -1.02. The molecule has 20 heavy (non-hydrogen) atoms. The lowest BCUT2D eigenvalue weighted by molar-refractivity contribution is 0.0693. The number of pyridine rings is 1. The van der Waals surface area contributed by atoms with E-state index in [0.717, 1.165) is 31.8 Å². The first-order valence-corrected chi connectivity index (χ1v) is 6.71. The van der Waals surface area contributed by atoms with Gasteiger partial charge in [0.1, 0.15) is 17.1 Å². The van der Waals surface area contributed by atoms with E-state index in [1.807, 2.05) is 16.7 Å². The molecule has 1 fully saturated rings. The fraction of sp³-hybridized carbons (Fsp3) is 0.429. The summed E-state index contributed by atoms with van der Waals surface area (Å²) in [7, 11) is 1.54. The van der Waals surface area contributed by atoms with Crippen LogP contribution in [0.4, 0.5) is 0 Å². The first-order valence-electron chi connectivity index (χ1n) is 6.71. The maximum Gasteiger partial charge on any atom is 0.356 e. The molecule has 2 aromatic rings. The van der Waals surface area contributed by atoms with Crippen LogP contribution in [0.5, 0.6) is 5.75 Å². The molecule has 0 bridgehead atoms.